The summed E-state index contributed by atoms with van der Waals surface area (Å²) in [4.78, 5) is 0. The third kappa shape index (κ3) is 2.11. The highest BCUT2D eigenvalue weighted by molar-refractivity contribution is 7.27. The van der Waals surface area contributed by atoms with Crippen LogP contribution in [0.5, 0.6) is 0 Å². The molecular weight excluding hydrogens is 151 g/mol. The van der Waals surface area contributed by atoms with E-state index in [1.54, 1.807) is 0 Å². The van der Waals surface area contributed by atoms with E-state index in [1.165, 1.54) is 0 Å². The highest BCUT2D eigenvalue weighted by atomic mass is 31.1. The van der Waals surface area contributed by atoms with Gasteiger partial charge in [0.1, 0.15) is 0 Å². The normalized spacial score (nSPS) is 27.0. The topological polar surface area (TPSA) is 77.3 Å². The first-order valence-corrected chi connectivity index (χ1v) is 2.88. The van der Waals surface area contributed by atoms with Crippen LogP contribution in [0.3, 0.4) is 0 Å². The SMILES string of the molecule is [O-][O+]1C[O+]([O-])P[O+]([O-])C1. The van der Waals surface area contributed by atoms with Gasteiger partial charge in [-0.1, -0.05) is 0 Å². The summed E-state index contributed by atoms with van der Waals surface area (Å²) in [5.41, 5.74) is 0. The lowest BCUT2D eigenvalue weighted by atomic mass is 11.3. The lowest BCUT2D eigenvalue weighted by molar-refractivity contribution is -0.920. The molecule has 0 amide bonds. The zero-order valence-electron chi connectivity index (χ0n) is 4.36. The van der Waals surface area contributed by atoms with Crippen molar-refractivity contribution in [3.05, 3.63) is 0 Å². The molecule has 0 aliphatic carbocycles. The van der Waals surface area contributed by atoms with Crippen molar-refractivity contribution < 1.29 is 28.9 Å². The van der Waals surface area contributed by atoms with Crippen LogP contribution in [0.2, 0.25) is 0 Å². The minimum absolute atomic E-state index is 0.399. The average molecular weight is 156 g/mol. The number of hydrogen-bond acceptors (Lipinski definition) is 3. The van der Waals surface area contributed by atoms with E-state index >= 15 is 0 Å². The van der Waals surface area contributed by atoms with Crippen molar-refractivity contribution in [2.24, 2.45) is 0 Å². The highest BCUT2D eigenvalue weighted by Gasteiger charge is 2.26. The molecule has 0 saturated carbocycles. The predicted octanol–water partition coefficient (Wildman–Crippen LogP) is -3.09. The maximum Gasteiger partial charge on any atom is 0.554 e. The van der Waals surface area contributed by atoms with E-state index in [0.29, 0.717) is 0 Å². The summed E-state index contributed by atoms with van der Waals surface area (Å²) in [6.07, 6.45) is 0. The third-order valence-corrected chi connectivity index (χ3v) is 1.27. The Labute approximate surface area is 52.7 Å². The van der Waals surface area contributed by atoms with Crippen molar-refractivity contribution in [1.82, 2.24) is 0 Å². The van der Waals surface area contributed by atoms with Gasteiger partial charge in [-0.2, -0.15) is 0 Å². The Morgan fingerprint density at radius 2 is 1.44 bits per heavy atom. The minimum Gasteiger partial charge on any atom is -0.523 e. The molecule has 1 rings (SSSR count). The van der Waals surface area contributed by atoms with Crippen LogP contribution in [-0.4, -0.2) is 13.6 Å². The van der Waals surface area contributed by atoms with Crippen molar-refractivity contribution in [2.75, 3.05) is 13.6 Å². The molecule has 1 aliphatic heterocycles. The Bertz CT molecular complexity index is 72.0. The Morgan fingerprint density at radius 3 is 1.78 bits per heavy atom. The second-order valence-corrected chi connectivity index (χ2v) is 2.53. The summed E-state index contributed by atoms with van der Waals surface area (Å²) in [6, 6.07) is 0. The standard InChI is InChI=1S/C2H5O6P/c3-6-1-7(4)9-8(5)2-6/h9H,1-2H2. The van der Waals surface area contributed by atoms with Crippen LogP contribution in [0, 0.1) is 0 Å². The summed E-state index contributed by atoms with van der Waals surface area (Å²) in [5.74, 6) is 0. The molecule has 54 valence electrons. The summed E-state index contributed by atoms with van der Waals surface area (Å²) in [6.45, 7) is -0.797. The van der Waals surface area contributed by atoms with Gasteiger partial charge >= 0.3 is 22.6 Å². The Kier molecular flexibility index (Phi) is 2.31. The fourth-order valence-electron chi connectivity index (χ4n) is 0.425. The van der Waals surface area contributed by atoms with E-state index < -0.39 is 22.6 Å². The molecule has 0 aromatic heterocycles. The van der Waals surface area contributed by atoms with Crippen LogP contribution in [0.25, 0.3) is 0 Å². The summed E-state index contributed by atoms with van der Waals surface area (Å²) in [7, 11) is -0.638. The number of hydrogen-bond donors (Lipinski definition) is 0. The van der Waals surface area contributed by atoms with Gasteiger partial charge in [0, 0.05) is 0 Å². The second-order valence-electron chi connectivity index (χ2n) is 1.45. The van der Waals surface area contributed by atoms with Crippen molar-refractivity contribution in [3.8, 4) is 0 Å². The molecule has 1 saturated heterocycles. The Morgan fingerprint density at radius 1 is 1.00 bits per heavy atom. The molecule has 1 aliphatic rings. The van der Waals surface area contributed by atoms with Gasteiger partial charge < -0.3 is 20.3 Å². The molecule has 1 fully saturated rings. The molecule has 0 unspecified atom stereocenters. The molecular formula is C2H5O6P. The smallest absolute Gasteiger partial charge is 0.523 e. The Hall–Kier alpha value is 0.190. The van der Waals surface area contributed by atoms with Crippen molar-refractivity contribution in [3.63, 3.8) is 0 Å². The van der Waals surface area contributed by atoms with Gasteiger partial charge in [0.15, 0.2) is 0 Å². The minimum atomic E-state index is -0.638. The van der Waals surface area contributed by atoms with Gasteiger partial charge in [0.2, 0.25) is 0 Å². The van der Waals surface area contributed by atoms with Gasteiger partial charge in [-0.3, -0.25) is 8.61 Å². The van der Waals surface area contributed by atoms with E-state index in [-0.39, 0.29) is 0 Å². The molecule has 7 heteroatoms. The van der Waals surface area contributed by atoms with Gasteiger partial charge in [-0.15, -0.1) is 0 Å². The Balaban J connectivity index is 2.34. The quantitative estimate of drug-likeness (QED) is 0.212. The van der Waals surface area contributed by atoms with Crippen LogP contribution in [-0.2, 0) is 13.1 Å². The van der Waals surface area contributed by atoms with E-state index in [1.807, 2.05) is 0 Å². The van der Waals surface area contributed by atoms with E-state index in [9.17, 15) is 15.8 Å². The van der Waals surface area contributed by atoms with Gasteiger partial charge in [-0.25, -0.2) is 0 Å². The first-order chi connectivity index (χ1) is 4.18. The van der Waals surface area contributed by atoms with Crippen LogP contribution < -0.4 is 15.8 Å². The third-order valence-electron chi connectivity index (χ3n) is 0.663. The van der Waals surface area contributed by atoms with Crippen LogP contribution in [0.4, 0.5) is 0 Å². The molecule has 6 nitrogen and oxygen atoms in total. The van der Waals surface area contributed by atoms with E-state index in [2.05, 4.69) is 0 Å². The second kappa shape index (κ2) is 2.85. The lowest BCUT2D eigenvalue weighted by Crippen LogP contribution is -2.46. The average Bonchev–Trinajstić information content (AvgIpc) is 1.59. The van der Waals surface area contributed by atoms with Crippen molar-refractivity contribution in [1.29, 1.82) is 0 Å². The monoisotopic (exact) mass is 156 g/mol. The zero-order valence-corrected chi connectivity index (χ0v) is 5.36. The molecule has 0 bridgehead atoms. The fourth-order valence-corrected chi connectivity index (χ4v) is 0.991. The molecule has 0 atom stereocenters. The van der Waals surface area contributed by atoms with E-state index in [4.69, 9.17) is 0 Å². The van der Waals surface area contributed by atoms with Crippen LogP contribution >= 0.6 is 9.03 Å². The summed E-state index contributed by atoms with van der Waals surface area (Å²) < 4.78 is 3.22. The molecule has 0 spiro atoms. The fraction of sp³-hybridized carbons (Fsp3) is 1.00. The molecule has 0 radical (unpaired) electrons. The number of rotatable bonds is 0. The lowest BCUT2D eigenvalue weighted by Gasteiger charge is -2.31. The molecule has 1 heterocycles. The summed E-state index contributed by atoms with van der Waals surface area (Å²) >= 11 is 0. The highest BCUT2D eigenvalue weighted by Crippen LogP contribution is 2.29. The molecule has 0 aromatic carbocycles. The van der Waals surface area contributed by atoms with Crippen LogP contribution in [0.1, 0.15) is 0 Å². The zero-order chi connectivity index (χ0) is 6.85. The van der Waals surface area contributed by atoms with E-state index in [0.717, 1.165) is 13.1 Å². The maximum atomic E-state index is 10.2. The predicted molar refractivity (Wildman–Crippen MR) is 21.3 cm³/mol. The maximum absolute atomic E-state index is 10.2. The van der Waals surface area contributed by atoms with Crippen LogP contribution in [0.15, 0.2) is 0 Å². The van der Waals surface area contributed by atoms with Gasteiger partial charge in [0.05, 0.1) is 0 Å². The first-order valence-electron chi connectivity index (χ1n) is 2.06. The van der Waals surface area contributed by atoms with Gasteiger partial charge in [0.25, 0.3) is 0 Å². The van der Waals surface area contributed by atoms with Gasteiger partial charge in [-0.05, 0) is 0 Å². The largest absolute Gasteiger partial charge is 0.554 e. The molecule has 0 aromatic rings. The molecule has 9 heavy (non-hydrogen) atoms. The van der Waals surface area contributed by atoms with Crippen molar-refractivity contribution >= 4 is 9.03 Å². The first kappa shape index (κ1) is 7.30. The molecule has 0 N–H and O–H groups in total. The summed E-state index contributed by atoms with van der Waals surface area (Å²) in [5, 5.41) is 30.6. The van der Waals surface area contributed by atoms with Crippen molar-refractivity contribution in [2.45, 2.75) is 0 Å².